The van der Waals surface area contributed by atoms with Gasteiger partial charge >= 0.3 is 5.97 Å². The van der Waals surface area contributed by atoms with Gasteiger partial charge in [0.15, 0.2) is 0 Å². The number of aromatic nitrogens is 2. The Labute approximate surface area is 112 Å². The Morgan fingerprint density at radius 1 is 1.37 bits per heavy atom. The second kappa shape index (κ2) is 6.70. The molecule has 0 spiro atoms. The number of esters is 1. The minimum atomic E-state index is -0.238. The van der Waals surface area contributed by atoms with E-state index in [2.05, 4.69) is 10.4 Å². The fourth-order valence-corrected chi connectivity index (χ4v) is 1.69. The van der Waals surface area contributed by atoms with Crippen LogP contribution in [0.1, 0.15) is 12.5 Å². The number of carbonyl (C=O) groups is 1. The van der Waals surface area contributed by atoms with Crippen LogP contribution in [0.4, 0.5) is 0 Å². The number of hydrogen-bond donors (Lipinski definition) is 1. The van der Waals surface area contributed by atoms with Gasteiger partial charge in [-0.2, -0.15) is 5.10 Å². The quantitative estimate of drug-likeness (QED) is 0.799. The lowest BCUT2D eigenvalue weighted by molar-refractivity contribution is -0.142. The summed E-state index contributed by atoms with van der Waals surface area (Å²) in [5.74, 6) is -0.238. The van der Waals surface area contributed by atoms with Crippen LogP contribution in [-0.4, -0.2) is 28.9 Å². The molecular formula is C14H17N3O2. The molecule has 1 aromatic carbocycles. The smallest absolute Gasteiger partial charge is 0.319 e. The summed E-state index contributed by atoms with van der Waals surface area (Å²) >= 11 is 0. The maximum Gasteiger partial charge on any atom is 0.319 e. The maximum absolute atomic E-state index is 11.2. The van der Waals surface area contributed by atoms with E-state index in [0.717, 1.165) is 11.3 Å². The highest BCUT2D eigenvalue weighted by Gasteiger charge is 2.03. The first-order chi connectivity index (χ1) is 9.29. The van der Waals surface area contributed by atoms with Crippen LogP contribution in [0, 0.1) is 0 Å². The Balaban J connectivity index is 1.86. The highest BCUT2D eigenvalue weighted by Crippen LogP contribution is 2.07. The summed E-state index contributed by atoms with van der Waals surface area (Å²) in [5, 5.41) is 7.30. The lowest BCUT2D eigenvalue weighted by Gasteiger charge is -2.02. The molecule has 0 fully saturated rings. The minimum Gasteiger partial charge on any atom is -0.465 e. The Kier molecular flexibility index (Phi) is 4.69. The zero-order valence-corrected chi connectivity index (χ0v) is 10.9. The van der Waals surface area contributed by atoms with Crippen molar-refractivity contribution in [3.63, 3.8) is 0 Å². The Hall–Kier alpha value is -2.14. The number of benzene rings is 1. The van der Waals surface area contributed by atoms with Gasteiger partial charge in [-0.15, -0.1) is 0 Å². The first kappa shape index (κ1) is 13.3. The fourth-order valence-electron chi connectivity index (χ4n) is 1.69. The van der Waals surface area contributed by atoms with Gasteiger partial charge in [-0.3, -0.25) is 4.79 Å². The standard InChI is InChI=1S/C14H17N3O2/c1-2-19-14(18)10-15-8-12-9-16-17(11-12)13-6-4-3-5-7-13/h3-7,9,11,15H,2,8,10H2,1H3. The van der Waals surface area contributed by atoms with Crippen LogP contribution in [0.3, 0.4) is 0 Å². The Morgan fingerprint density at radius 2 is 2.16 bits per heavy atom. The predicted molar refractivity (Wildman–Crippen MR) is 71.9 cm³/mol. The molecular weight excluding hydrogens is 242 g/mol. The van der Waals surface area contributed by atoms with E-state index >= 15 is 0 Å². The second-order valence-electron chi connectivity index (χ2n) is 4.04. The van der Waals surface area contributed by atoms with Crippen molar-refractivity contribution >= 4 is 5.97 Å². The summed E-state index contributed by atoms with van der Waals surface area (Å²) < 4.78 is 6.64. The van der Waals surface area contributed by atoms with Crippen molar-refractivity contribution in [1.82, 2.24) is 15.1 Å². The third-order valence-corrected chi connectivity index (χ3v) is 2.56. The summed E-state index contributed by atoms with van der Waals surface area (Å²) in [5.41, 5.74) is 2.03. The minimum absolute atomic E-state index is 0.213. The number of rotatable bonds is 6. The van der Waals surface area contributed by atoms with Crippen LogP contribution in [-0.2, 0) is 16.1 Å². The third-order valence-electron chi connectivity index (χ3n) is 2.56. The average molecular weight is 259 g/mol. The van der Waals surface area contributed by atoms with Crippen molar-refractivity contribution < 1.29 is 9.53 Å². The van der Waals surface area contributed by atoms with Gasteiger partial charge in [0.1, 0.15) is 0 Å². The molecule has 100 valence electrons. The fraction of sp³-hybridized carbons (Fsp3) is 0.286. The first-order valence-electron chi connectivity index (χ1n) is 6.25. The monoisotopic (exact) mass is 259 g/mol. The molecule has 1 heterocycles. The van der Waals surface area contributed by atoms with Gasteiger partial charge in [0.05, 0.1) is 25.0 Å². The summed E-state index contributed by atoms with van der Waals surface area (Å²) in [6, 6.07) is 9.88. The molecule has 0 aliphatic rings. The topological polar surface area (TPSA) is 56.1 Å². The third kappa shape index (κ3) is 3.93. The summed E-state index contributed by atoms with van der Waals surface area (Å²) in [7, 11) is 0. The van der Waals surface area contributed by atoms with Crippen molar-refractivity contribution in [3.8, 4) is 5.69 Å². The first-order valence-corrected chi connectivity index (χ1v) is 6.25. The van der Waals surface area contributed by atoms with Crippen molar-refractivity contribution in [2.75, 3.05) is 13.2 Å². The lowest BCUT2D eigenvalue weighted by Crippen LogP contribution is -2.24. The van der Waals surface area contributed by atoms with Crippen molar-refractivity contribution in [3.05, 3.63) is 48.3 Å². The largest absolute Gasteiger partial charge is 0.465 e. The molecule has 19 heavy (non-hydrogen) atoms. The molecule has 0 saturated carbocycles. The van der Waals surface area contributed by atoms with Crippen LogP contribution >= 0.6 is 0 Å². The predicted octanol–water partition coefficient (Wildman–Crippen LogP) is 1.52. The van der Waals surface area contributed by atoms with Crippen LogP contribution < -0.4 is 5.32 Å². The zero-order valence-electron chi connectivity index (χ0n) is 10.9. The van der Waals surface area contributed by atoms with Crippen molar-refractivity contribution in [2.24, 2.45) is 0 Å². The van der Waals surface area contributed by atoms with Gasteiger partial charge in [0, 0.05) is 18.3 Å². The molecule has 2 rings (SSSR count). The van der Waals surface area contributed by atoms with E-state index in [-0.39, 0.29) is 12.5 Å². The van der Waals surface area contributed by atoms with Crippen LogP contribution in [0.15, 0.2) is 42.7 Å². The number of nitrogens with zero attached hydrogens (tertiary/aromatic N) is 2. The van der Waals surface area contributed by atoms with Crippen LogP contribution in [0.25, 0.3) is 5.69 Å². The number of ether oxygens (including phenoxy) is 1. The van der Waals surface area contributed by atoms with Gasteiger partial charge in [-0.05, 0) is 19.1 Å². The number of para-hydroxylation sites is 1. The van der Waals surface area contributed by atoms with Gasteiger partial charge in [-0.25, -0.2) is 4.68 Å². The molecule has 1 aromatic heterocycles. The molecule has 0 radical (unpaired) electrons. The second-order valence-corrected chi connectivity index (χ2v) is 4.04. The maximum atomic E-state index is 11.2. The lowest BCUT2D eigenvalue weighted by atomic mass is 10.3. The van der Waals surface area contributed by atoms with E-state index in [4.69, 9.17) is 4.74 Å². The Morgan fingerprint density at radius 3 is 2.89 bits per heavy atom. The normalized spacial score (nSPS) is 10.4. The van der Waals surface area contributed by atoms with Gasteiger partial charge in [-0.1, -0.05) is 18.2 Å². The average Bonchev–Trinajstić information content (AvgIpc) is 2.89. The SMILES string of the molecule is CCOC(=O)CNCc1cnn(-c2ccccc2)c1. The molecule has 0 aliphatic carbocycles. The van der Waals surface area contributed by atoms with Crippen molar-refractivity contribution in [1.29, 1.82) is 0 Å². The molecule has 0 atom stereocenters. The molecule has 2 aromatic rings. The van der Waals surface area contributed by atoms with E-state index in [1.807, 2.05) is 36.5 Å². The van der Waals surface area contributed by atoms with E-state index in [1.165, 1.54) is 0 Å². The molecule has 0 aliphatic heterocycles. The number of nitrogens with one attached hydrogen (secondary N) is 1. The molecule has 0 bridgehead atoms. The van der Waals surface area contributed by atoms with E-state index < -0.39 is 0 Å². The van der Waals surface area contributed by atoms with Gasteiger partial charge in [0.25, 0.3) is 0 Å². The van der Waals surface area contributed by atoms with E-state index in [1.54, 1.807) is 17.8 Å². The molecule has 5 nitrogen and oxygen atoms in total. The van der Waals surface area contributed by atoms with E-state index in [9.17, 15) is 4.79 Å². The highest BCUT2D eigenvalue weighted by atomic mass is 16.5. The molecule has 5 heteroatoms. The van der Waals surface area contributed by atoms with Crippen LogP contribution in [0.2, 0.25) is 0 Å². The highest BCUT2D eigenvalue weighted by molar-refractivity contribution is 5.71. The molecule has 1 N–H and O–H groups in total. The summed E-state index contributed by atoms with van der Waals surface area (Å²) in [4.78, 5) is 11.2. The van der Waals surface area contributed by atoms with Gasteiger partial charge in [0.2, 0.25) is 0 Å². The number of hydrogen-bond acceptors (Lipinski definition) is 4. The summed E-state index contributed by atoms with van der Waals surface area (Å²) in [6.45, 7) is 3.00. The summed E-state index contributed by atoms with van der Waals surface area (Å²) in [6.07, 6.45) is 3.72. The Bertz CT molecular complexity index is 522. The van der Waals surface area contributed by atoms with Crippen molar-refractivity contribution in [2.45, 2.75) is 13.5 Å². The van der Waals surface area contributed by atoms with E-state index in [0.29, 0.717) is 13.2 Å². The zero-order chi connectivity index (χ0) is 13.5. The van der Waals surface area contributed by atoms with Crippen LogP contribution in [0.5, 0.6) is 0 Å². The molecule has 0 unspecified atom stereocenters. The molecule has 0 saturated heterocycles. The van der Waals surface area contributed by atoms with Gasteiger partial charge < -0.3 is 10.1 Å². The molecule has 0 amide bonds. The number of carbonyl (C=O) groups excluding carboxylic acids is 1.